The van der Waals surface area contributed by atoms with Crippen LogP contribution in [0.3, 0.4) is 0 Å². The molecule has 3 N–H and O–H groups in total. The highest BCUT2D eigenvalue weighted by Gasteiger charge is 2.50. The molecular formula is C17H31F3N4O4S. The van der Waals surface area contributed by atoms with Crippen LogP contribution >= 0.6 is 0 Å². The molecule has 0 bridgehead atoms. The summed E-state index contributed by atoms with van der Waals surface area (Å²) in [5.41, 5.74) is -5.42. The number of hydrogen-bond acceptors (Lipinski definition) is 5. The van der Waals surface area contributed by atoms with Gasteiger partial charge in [-0.1, -0.05) is 0 Å². The van der Waals surface area contributed by atoms with Crippen molar-refractivity contribution < 1.29 is 31.4 Å². The number of aliphatic hydroxyl groups is 1. The molecule has 8 nitrogen and oxygen atoms in total. The van der Waals surface area contributed by atoms with Gasteiger partial charge in [0.1, 0.15) is 0 Å². The summed E-state index contributed by atoms with van der Waals surface area (Å²) < 4.78 is 66.9. The second kappa shape index (κ2) is 10.3. The zero-order valence-electron chi connectivity index (χ0n) is 16.7. The van der Waals surface area contributed by atoms with Gasteiger partial charge in [0.15, 0.2) is 5.96 Å². The monoisotopic (exact) mass is 444 g/mol. The predicted octanol–water partition coefficient (Wildman–Crippen LogP) is 0.892. The van der Waals surface area contributed by atoms with E-state index in [4.69, 9.17) is 4.74 Å². The van der Waals surface area contributed by atoms with Crippen molar-refractivity contribution in [2.45, 2.75) is 38.1 Å². The zero-order chi connectivity index (χ0) is 21.5. The molecule has 2 heterocycles. The van der Waals surface area contributed by atoms with Gasteiger partial charge in [0.05, 0.1) is 13.2 Å². The lowest BCUT2D eigenvalue weighted by Gasteiger charge is -2.32. The Morgan fingerprint density at radius 1 is 1.31 bits per heavy atom. The van der Waals surface area contributed by atoms with Gasteiger partial charge in [-0.15, -0.1) is 0 Å². The highest BCUT2D eigenvalue weighted by molar-refractivity contribution is 7.90. The lowest BCUT2D eigenvalue weighted by atomic mass is 9.84. The molecule has 2 saturated heterocycles. The van der Waals surface area contributed by atoms with Crippen molar-refractivity contribution in [1.29, 1.82) is 0 Å². The summed E-state index contributed by atoms with van der Waals surface area (Å²) in [4.78, 5) is 4.61. The topological polar surface area (TPSA) is 103 Å². The second-order valence-electron chi connectivity index (χ2n) is 7.65. The molecule has 0 aliphatic carbocycles. The molecule has 0 spiro atoms. The molecule has 2 aliphatic rings. The fourth-order valence-electron chi connectivity index (χ4n) is 3.62. The summed E-state index contributed by atoms with van der Waals surface area (Å²) in [5.74, 6) is 0.654. The van der Waals surface area contributed by atoms with Gasteiger partial charge in [0.2, 0.25) is 0 Å². The largest absolute Gasteiger partial charge is 0.511 e. The summed E-state index contributed by atoms with van der Waals surface area (Å²) in [6, 6.07) is 0. The van der Waals surface area contributed by atoms with Crippen molar-refractivity contribution >= 4 is 16.0 Å². The van der Waals surface area contributed by atoms with E-state index in [2.05, 4.69) is 15.6 Å². The number of halogens is 3. The van der Waals surface area contributed by atoms with Gasteiger partial charge < -0.3 is 20.5 Å². The lowest BCUT2D eigenvalue weighted by Crippen LogP contribution is -2.47. The second-order valence-corrected chi connectivity index (χ2v) is 9.57. The fourth-order valence-corrected chi connectivity index (χ4v) is 4.60. The number of rotatable bonds is 8. The third kappa shape index (κ3) is 6.43. The molecule has 12 heteroatoms. The van der Waals surface area contributed by atoms with Crippen molar-refractivity contribution in [2.75, 3.05) is 52.5 Å². The number of aliphatic hydroxyl groups excluding tert-OH is 1. The molecule has 0 amide bonds. The number of alkyl halides is 3. The van der Waals surface area contributed by atoms with Crippen LogP contribution in [0.15, 0.2) is 4.99 Å². The van der Waals surface area contributed by atoms with Crippen LogP contribution in [0, 0.1) is 11.3 Å². The molecule has 2 rings (SSSR count). The van der Waals surface area contributed by atoms with Crippen molar-refractivity contribution in [1.82, 2.24) is 14.9 Å². The Bertz CT molecular complexity index is 644. The van der Waals surface area contributed by atoms with Gasteiger partial charge in [0.25, 0.3) is 0 Å². The first kappa shape index (κ1) is 24.2. The van der Waals surface area contributed by atoms with E-state index in [0.29, 0.717) is 62.4 Å². The molecule has 2 fully saturated rings. The number of guanidine groups is 1. The van der Waals surface area contributed by atoms with Crippen molar-refractivity contribution in [2.24, 2.45) is 16.3 Å². The number of hydrogen-bond donors (Lipinski definition) is 3. The molecule has 2 aliphatic heterocycles. The first-order chi connectivity index (χ1) is 13.6. The Morgan fingerprint density at radius 2 is 2.00 bits per heavy atom. The minimum atomic E-state index is -5.25. The van der Waals surface area contributed by atoms with Crippen LogP contribution in [-0.2, 0) is 14.8 Å². The van der Waals surface area contributed by atoms with Crippen LogP contribution in [0.25, 0.3) is 0 Å². The van der Waals surface area contributed by atoms with Gasteiger partial charge in [-0.2, -0.15) is 17.5 Å². The van der Waals surface area contributed by atoms with Crippen molar-refractivity contribution in [3.05, 3.63) is 0 Å². The highest BCUT2D eigenvalue weighted by Crippen LogP contribution is 2.32. The van der Waals surface area contributed by atoms with E-state index in [9.17, 15) is 26.7 Å². The first-order valence-corrected chi connectivity index (χ1v) is 11.3. The van der Waals surface area contributed by atoms with E-state index in [-0.39, 0.29) is 31.0 Å². The van der Waals surface area contributed by atoms with E-state index in [1.807, 2.05) is 6.92 Å². The van der Waals surface area contributed by atoms with Gasteiger partial charge in [-0.3, -0.25) is 4.99 Å². The highest BCUT2D eigenvalue weighted by atomic mass is 32.2. The third-order valence-corrected chi connectivity index (χ3v) is 7.14. The third-order valence-electron chi connectivity index (χ3n) is 5.51. The van der Waals surface area contributed by atoms with Crippen LogP contribution in [0.4, 0.5) is 13.2 Å². The van der Waals surface area contributed by atoms with E-state index in [1.54, 1.807) is 0 Å². The Morgan fingerprint density at radius 3 is 2.52 bits per heavy atom. The number of ether oxygens (including phenoxy) is 1. The number of nitrogens with zero attached hydrogens (tertiary/aromatic N) is 2. The summed E-state index contributed by atoms with van der Waals surface area (Å²) in [5, 5.41) is 15.7. The predicted molar refractivity (Wildman–Crippen MR) is 103 cm³/mol. The normalized spacial score (nSPS) is 25.3. The average molecular weight is 445 g/mol. The van der Waals surface area contributed by atoms with Crippen LogP contribution in [-0.4, -0.2) is 81.8 Å². The fraction of sp³-hybridized carbons (Fsp3) is 0.941. The van der Waals surface area contributed by atoms with E-state index >= 15 is 0 Å². The maximum Gasteiger partial charge on any atom is 0.511 e. The number of nitrogens with one attached hydrogen (secondary N) is 2. The smallest absolute Gasteiger partial charge is 0.396 e. The molecule has 0 aromatic carbocycles. The van der Waals surface area contributed by atoms with Crippen LogP contribution in [0.5, 0.6) is 0 Å². The Labute approximate surface area is 169 Å². The van der Waals surface area contributed by atoms with Gasteiger partial charge in [-0.05, 0) is 38.5 Å². The molecule has 170 valence electrons. The Hall–Kier alpha value is -1.11. The molecule has 29 heavy (non-hydrogen) atoms. The van der Waals surface area contributed by atoms with E-state index in [1.165, 1.54) is 0 Å². The van der Waals surface area contributed by atoms with Crippen LogP contribution in [0.2, 0.25) is 0 Å². The summed E-state index contributed by atoms with van der Waals surface area (Å²) in [7, 11) is -5.25. The molecule has 0 aromatic rings. The van der Waals surface area contributed by atoms with Crippen LogP contribution in [0.1, 0.15) is 32.6 Å². The average Bonchev–Trinajstić information content (AvgIpc) is 3.12. The maximum atomic E-state index is 12.7. The number of piperidine rings is 1. The van der Waals surface area contributed by atoms with Gasteiger partial charge in [0, 0.05) is 44.8 Å². The van der Waals surface area contributed by atoms with Crippen molar-refractivity contribution in [3.8, 4) is 0 Å². The molecular weight excluding hydrogens is 413 g/mol. The molecule has 0 radical (unpaired) electrons. The minimum absolute atomic E-state index is 0.0553. The summed E-state index contributed by atoms with van der Waals surface area (Å²) in [6.07, 6.45) is 2.15. The van der Waals surface area contributed by atoms with E-state index < -0.39 is 15.5 Å². The summed E-state index contributed by atoms with van der Waals surface area (Å²) in [6.45, 7) is 4.58. The molecule has 0 saturated carbocycles. The van der Waals surface area contributed by atoms with Gasteiger partial charge in [-0.25, -0.2) is 8.42 Å². The molecule has 1 atom stereocenters. The summed E-state index contributed by atoms with van der Waals surface area (Å²) >= 11 is 0. The quantitative estimate of drug-likeness (QED) is 0.380. The van der Waals surface area contributed by atoms with Crippen molar-refractivity contribution in [3.63, 3.8) is 0 Å². The standard InChI is InChI=1S/C17H31F3N4O4S/c1-2-21-15(23-12-16(5-9-25)6-10-28-13-16)22-11-14-3-7-24(8-4-14)29(26,27)17(18,19)20/h14,25H,2-13H2,1H3,(H2,21,22,23). The first-order valence-electron chi connectivity index (χ1n) is 9.91. The SMILES string of the molecule is CCNC(=NCC1(CCO)CCOC1)NCC1CCN(S(=O)(=O)C(F)(F)F)CC1. The van der Waals surface area contributed by atoms with Gasteiger partial charge >= 0.3 is 15.5 Å². The van der Waals surface area contributed by atoms with E-state index in [0.717, 1.165) is 6.42 Å². The number of aliphatic imine (C=N–C) groups is 1. The lowest BCUT2D eigenvalue weighted by molar-refractivity contribution is -0.0496. The molecule has 1 unspecified atom stereocenters. The maximum absolute atomic E-state index is 12.7. The Kier molecular flexibility index (Phi) is 8.56. The zero-order valence-corrected chi connectivity index (χ0v) is 17.5. The van der Waals surface area contributed by atoms with Crippen LogP contribution < -0.4 is 10.6 Å². The minimum Gasteiger partial charge on any atom is -0.396 e. The molecule has 0 aromatic heterocycles. The number of sulfonamides is 1. The Balaban J connectivity index is 1.87.